The third kappa shape index (κ3) is 3.15. The van der Waals surface area contributed by atoms with Crippen molar-refractivity contribution in [2.75, 3.05) is 6.54 Å². The summed E-state index contributed by atoms with van der Waals surface area (Å²) in [6.07, 6.45) is 6.05. The second kappa shape index (κ2) is 6.13. The third-order valence-electron chi connectivity index (χ3n) is 4.37. The molecule has 0 spiro atoms. The van der Waals surface area contributed by atoms with E-state index < -0.39 is 0 Å². The van der Waals surface area contributed by atoms with Crippen LogP contribution < -0.4 is 0 Å². The molecule has 1 heterocycles. The van der Waals surface area contributed by atoms with E-state index in [1.165, 1.54) is 36.1 Å². The van der Waals surface area contributed by atoms with Gasteiger partial charge in [0.1, 0.15) is 0 Å². The zero-order valence-electron chi connectivity index (χ0n) is 13.7. The molecule has 1 nitrogen and oxygen atoms in total. The number of likely N-dealkylation sites (tertiary alicyclic amines) is 1. The molecule has 1 fully saturated rings. The van der Waals surface area contributed by atoms with Crippen LogP contribution in [0, 0.1) is 0 Å². The highest BCUT2D eigenvalue weighted by molar-refractivity contribution is 5.67. The molecule has 110 valence electrons. The zero-order valence-corrected chi connectivity index (χ0v) is 13.7. The van der Waals surface area contributed by atoms with Gasteiger partial charge in [-0.1, -0.05) is 37.3 Å². The Morgan fingerprint density at radius 3 is 2.65 bits per heavy atom. The molecule has 0 bridgehead atoms. The Morgan fingerprint density at radius 2 is 2.00 bits per heavy atom. The Balaban J connectivity index is 2.40. The standard InChI is InChI=1S/C19H29N/c1-6-10-15(2)16-11-7-8-12-17(16)18-13-9-14-20(18)19(3,4)5/h7-8,10-12,18H,6,9,13-14H2,1-5H3/b15-10+. The second-order valence-corrected chi connectivity index (χ2v) is 6.90. The smallest absolute Gasteiger partial charge is 0.0359 e. The average Bonchev–Trinajstić information content (AvgIpc) is 2.88. The normalized spacial score (nSPS) is 21.4. The van der Waals surface area contributed by atoms with Gasteiger partial charge in [0.2, 0.25) is 0 Å². The van der Waals surface area contributed by atoms with Crippen LogP contribution in [0.15, 0.2) is 30.3 Å². The lowest BCUT2D eigenvalue weighted by molar-refractivity contribution is 0.121. The van der Waals surface area contributed by atoms with Gasteiger partial charge in [0.15, 0.2) is 0 Å². The van der Waals surface area contributed by atoms with Gasteiger partial charge in [-0.3, -0.25) is 4.90 Å². The zero-order chi connectivity index (χ0) is 14.8. The van der Waals surface area contributed by atoms with Gasteiger partial charge in [0.05, 0.1) is 0 Å². The predicted molar refractivity (Wildman–Crippen MR) is 88.8 cm³/mol. The molecular formula is C19H29N. The molecule has 0 saturated carbocycles. The topological polar surface area (TPSA) is 3.24 Å². The van der Waals surface area contributed by atoms with Crippen LogP contribution in [0.5, 0.6) is 0 Å². The quantitative estimate of drug-likeness (QED) is 0.708. The molecule has 0 N–H and O–H groups in total. The highest BCUT2D eigenvalue weighted by Gasteiger charge is 2.34. The Hall–Kier alpha value is -1.08. The molecule has 1 unspecified atom stereocenters. The number of nitrogens with zero attached hydrogens (tertiary/aromatic N) is 1. The van der Waals surface area contributed by atoms with E-state index in [0.717, 1.165) is 6.42 Å². The van der Waals surface area contributed by atoms with E-state index >= 15 is 0 Å². The van der Waals surface area contributed by atoms with E-state index in [2.05, 4.69) is 69.9 Å². The van der Waals surface area contributed by atoms with Gasteiger partial charge in [-0.2, -0.15) is 0 Å². The van der Waals surface area contributed by atoms with Crippen molar-refractivity contribution in [1.29, 1.82) is 0 Å². The minimum Gasteiger partial charge on any atom is -0.291 e. The number of hydrogen-bond donors (Lipinski definition) is 0. The van der Waals surface area contributed by atoms with Gasteiger partial charge in [-0.25, -0.2) is 0 Å². The summed E-state index contributed by atoms with van der Waals surface area (Å²) in [5.74, 6) is 0. The van der Waals surface area contributed by atoms with E-state index in [1.807, 2.05) is 0 Å². The fourth-order valence-corrected chi connectivity index (χ4v) is 3.46. The fraction of sp³-hybridized carbons (Fsp3) is 0.579. The van der Waals surface area contributed by atoms with Crippen molar-refractivity contribution in [2.45, 2.75) is 65.5 Å². The maximum absolute atomic E-state index is 2.67. The molecule has 1 atom stereocenters. The van der Waals surface area contributed by atoms with Crippen LogP contribution in [-0.4, -0.2) is 17.0 Å². The van der Waals surface area contributed by atoms with Crippen LogP contribution in [-0.2, 0) is 0 Å². The molecule has 0 aromatic heterocycles. The Kier molecular flexibility index (Phi) is 4.70. The lowest BCUT2D eigenvalue weighted by atomic mass is 9.92. The average molecular weight is 271 g/mol. The summed E-state index contributed by atoms with van der Waals surface area (Å²) in [6, 6.07) is 9.55. The molecule has 0 amide bonds. The molecule has 1 aliphatic rings. The van der Waals surface area contributed by atoms with Crippen LogP contribution in [0.1, 0.15) is 71.0 Å². The number of hydrogen-bond acceptors (Lipinski definition) is 1. The number of benzene rings is 1. The van der Waals surface area contributed by atoms with Crippen LogP contribution in [0.2, 0.25) is 0 Å². The molecule has 0 radical (unpaired) electrons. The van der Waals surface area contributed by atoms with Gasteiger partial charge in [0.25, 0.3) is 0 Å². The van der Waals surface area contributed by atoms with Crippen molar-refractivity contribution in [3.05, 3.63) is 41.5 Å². The summed E-state index contributed by atoms with van der Waals surface area (Å²) in [7, 11) is 0. The summed E-state index contributed by atoms with van der Waals surface area (Å²) < 4.78 is 0. The van der Waals surface area contributed by atoms with E-state index in [-0.39, 0.29) is 5.54 Å². The fourth-order valence-electron chi connectivity index (χ4n) is 3.46. The molecule has 1 aromatic rings. The van der Waals surface area contributed by atoms with Crippen LogP contribution >= 0.6 is 0 Å². The van der Waals surface area contributed by atoms with Crippen molar-refractivity contribution >= 4 is 5.57 Å². The van der Waals surface area contributed by atoms with Gasteiger partial charge >= 0.3 is 0 Å². The summed E-state index contributed by atoms with van der Waals surface area (Å²) in [6.45, 7) is 12.7. The van der Waals surface area contributed by atoms with Gasteiger partial charge in [-0.05, 0) is 70.2 Å². The Labute approximate surface area is 124 Å². The minimum absolute atomic E-state index is 0.247. The maximum Gasteiger partial charge on any atom is 0.0359 e. The number of rotatable bonds is 3. The number of allylic oxidation sites excluding steroid dienone is 2. The molecular weight excluding hydrogens is 242 g/mol. The molecule has 1 heteroatoms. The van der Waals surface area contributed by atoms with E-state index in [0.29, 0.717) is 6.04 Å². The van der Waals surface area contributed by atoms with Gasteiger partial charge < -0.3 is 0 Å². The third-order valence-corrected chi connectivity index (χ3v) is 4.37. The van der Waals surface area contributed by atoms with Crippen LogP contribution in [0.25, 0.3) is 5.57 Å². The lowest BCUT2D eigenvalue weighted by Gasteiger charge is -2.38. The lowest BCUT2D eigenvalue weighted by Crippen LogP contribution is -2.40. The Morgan fingerprint density at radius 1 is 1.30 bits per heavy atom. The summed E-state index contributed by atoms with van der Waals surface area (Å²) in [4.78, 5) is 2.67. The van der Waals surface area contributed by atoms with Crippen LogP contribution in [0.4, 0.5) is 0 Å². The molecule has 1 saturated heterocycles. The largest absolute Gasteiger partial charge is 0.291 e. The predicted octanol–water partition coefficient (Wildman–Crippen LogP) is 5.44. The minimum atomic E-state index is 0.247. The first-order valence-electron chi connectivity index (χ1n) is 7.98. The van der Waals surface area contributed by atoms with Gasteiger partial charge in [-0.15, -0.1) is 0 Å². The summed E-state index contributed by atoms with van der Waals surface area (Å²) >= 11 is 0. The highest BCUT2D eigenvalue weighted by Crippen LogP contribution is 2.39. The molecule has 2 rings (SSSR count). The van der Waals surface area contributed by atoms with Crippen molar-refractivity contribution < 1.29 is 0 Å². The summed E-state index contributed by atoms with van der Waals surface area (Å²) in [5.41, 5.74) is 4.62. The highest BCUT2D eigenvalue weighted by atomic mass is 15.2. The van der Waals surface area contributed by atoms with Crippen LogP contribution in [0.3, 0.4) is 0 Å². The molecule has 1 aliphatic heterocycles. The first-order chi connectivity index (χ1) is 9.45. The Bertz CT molecular complexity index is 479. The SMILES string of the molecule is CC/C=C(\C)c1ccccc1C1CCCN1C(C)(C)C. The van der Waals surface area contributed by atoms with E-state index in [1.54, 1.807) is 0 Å². The molecule has 20 heavy (non-hydrogen) atoms. The van der Waals surface area contributed by atoms with E-state index in [9.17, 15) is 0 Å². The second-order valence-electron chi connectivity index (χ2n) is 6.90. The van der Waals surface area contributed by atoms with Gasteiger partial charge in [0, 0.05) is 11.6 Å². The van der Waals surface area contributed by atoms with Crippen molar-refractivity contribution in [2.24, 2.45) is 0 Å². The molecule has 1 aromatic carbocycles. The maximum atomic E-state index is 2.67. The van der Waals surface area contributed by atoms with Crippen molar-refractivity contribution in [3.8, 4) is 0 Å². The molecule has 0 aliphatic carbocycles. The summed E-state index contributed by atoms with van der Waals surface area (Å²) in [5, 5.41) is 0. The van der Waals surface area contributed by atoms with E-state index in [4.69, 9.17) is 0 Å². The first kappa shape index (κ1) is 15.3. The van der Waals surface area contributed by atoms with Crippen molar-refractivity contribution in [3.63, 3.8) is 0 Å². The first-order valence-corrected chi connectivity index (χ1v) is 7.98. The monoisotopic (exact) mass is 271 g/mol. The van der Waals surface area contributed by atoms with Crippen molar-refractivity contribution in [1.82, 2.24) is 4.90 Å².